The molecule has 0 saturated heterocycles. The highest BCUT2D eigenvalue weighted by atomic mass is 15.2. The summed E-state index contributed by atoms with van der Waals surface area (Å²) < 4.78 is 2.33. The molecule has 0 saturated carbocycles. The second-order valence-electron chi connectivity index (χ2n) is 15.3. The Kier molecular flexibility index (Phi) is 6.99. The molecule has 9 aromatic rings. The molecule has 0 N–H and O–H groups in total. The number of para-hydroxylation sites is 3. The van der Waals surface area contributed by atoms with Crippen LogP contribution < -0.4 is 4.90 Å². The number of aromatic nitrogens is 3. The van der Waals surface area contributed by atoms with Crippen LogP contribution in [0.4, 0.5) is 17.1 Å². The van der Waals surface area contributed by atoms with E-state index in [0.29, 0.717) is 5.95 Å². The lowest BCUT2D eigenvalue weighted by Gasteiger charge is -2.42. The Labute approximate surface area is 320 Å². The zero-order valence-electron chi connectivity index (χ0n) is 30.9. The molecule has 4 heteroatoms. The number of hydrogen-bond donors (Lipinski definition) is 0. The molecule has 2 aliphatic rings. The quantitative estimate of drug-likeness (QED) is 0.183. The monoisotopic (exact) mass is 706 g/mol. The number of anilines is 3. The van der Waals surface area contributed by atoms with Crippen molar-refractivity contribution in [1.29, 1.82) is 0 Å². The average Bonchev–Trinajstić information content (AvgIpc) is 3.59. The Bertz CT molecular complexity index is 3010. The molecule has 1 aliphatic carbocycles. The van der Waals surface area contributed by atoms with Crippen LogP contribution in [0.3, 0.4) is 0 Å². The minimum absolute atomic E-state index is 0.234. The average molecular weight is 707 g/mol. The van der Waals surface area contributed by atoms with E-state index in [4.69, 9.17) is 9.97 Å². The summed E-state index contributed by atoms with van der Waals surface area (Å²) in [4.78, 5) is 13.3. The van der Waals surface area contributed by atoms with Gasteiger partial charge in [0.25, 0.3) is 0 Å². The van der Waals surface area contributed by atoms with E-state index in [9.17, 15) is 0 Å². The highest BCUT2D eigenvalue weighted by molar-refractivity contribution is 6.23. The Morgan fingerprint density at radius 3 is 2.22 bits per heavy atom. The third-order valence-electron chi connectivity index (χ3n) is 11.8. The molecule has 0 atom stereocenters. The number of hydrogen-bond acceptors (Lipinski definition) is 3. The summed E-state index contributed by atoms with van der Waals surface area (Å²) in [5.41, 5.74) is 14.8. The summed E-state index contributed by atoms with van der Waals surface area (Å²) in [7, 11) is 0. The molecule has 0 fully saturated rings. The normalized spacial score (nSPS) is 14.3. The van der Waals surface area contributed by atoms with Crippen molar-refractivity contribution in [3.05, 3.63) is 186 Å². The van der Waals surface area contributed by atoms with E-state index in [1.165, 1.54) is 55.2 Å². The molecular formula is C51H38N4. The highest BCUT2D eigenvalue weighted by Gasteiger charge is 2.37. The van der Waals surface area contributed by atoms with Crippen LogP contribution in [-0.4, -0.2) is 14.5 Å². The molecule has 0 spiro atoms. The van der Waals surface area contributed by atoms with Crippen LogP contribution in [0.15, 0.2) is 164 Å². The lowest BCUT2D eigenvalue weighted by molar-refractivity contribution is 0.632. The largest absolute Gasteiger partial charge is 0.310 e. The summed E-state index contributed by atoms with van der Waals surface area (Å²) in [5.74, 6) is 0.689. The lowest BCUT2D eigenvalue weighted by Crippen LogP contribution is -2.30. The van der Waals surface area contributed by atoms with Gasteiger partial charge < -0.3 is 4.90 Å². The smallest absolute Gasteiger partial charge is 0.235 e. The van der Waals surface area contributed by atoms with Crippen molar-refractivity contribution in [2.45, 2.75) is 32.1 Å². The summed E-state index contributed by atoms with van der Waals surface area (Å²) in [6.07, 6.45) is 6.34. The van der Waals surface area contributed by atoms with Gasteiger partial charge in [0.05, 0.1) is 33.8 Å². The van der Waals surface area contributed by atoms with E-state index in [2.05, 4.69) is 193 Å². The lowest BCUT2D eigenvalue weighted by atomic mass is 9.73. The van der Waals surface area contributed by atoms with Gasteiger partial charge in [-0.3, -0.25) is 4.57 Å². The topological polar surface area (TPSA) is 34.0 Å². The van der Waals surface area contributed by atoms with Crippen LogP contribution in [0.5, 0.6) is 0 Å². The van der Waals surface area contributed by atoms with Crippen molar-refractivity contribution in [3.63, 3.8) is 0 Å². The number of rotatable bonds is 4. The van der Waals surface area contributed by atoms with Crippen LogP contribution in [0.2, 0.25) is 0 Å². The molecule has 3 heterocycles. The van der Waals surface area contributed by atoms with Gasteiger partial charge in [0.1, 0.15) is 0 Å². The Hall–Kier alpha value is -6.78. The molecule has 2 aromatic heterocycles. The van der Waals surface area contributed by atoms with Gasteiger partial charge in [-0.1, -0.05) is 141 Å². The second-order valence-corrected chi connectivity index (χ2v) is 15.3. The van der Waals surface area contributed by atoms with Gasteiger partial charge in [-0.25, -0.2) is 9.97 Å². The molecule has 55 heavy (non-hydrogen) atoms. The first kappa shape index (κ1) is 31.7. The first-order chi connectivity index (χ1) is 27.1. The van der Waals surface area contributed by atoms with Gasteiger partial charge >= 0.3 is 0 Å². The van der Waals surface area contributed by atoms with Crippen molar-refractivity contribution in [1.82, 2.24) is 14.5 Å². The predicted octanol–water partition coefficient (Wildman–Crippen LogP) is 13.1. The molecule has 4 nitrogen and oxygen atoms in total. The molecule has 0 radical (unpaired) electrons. The summed E-state index contributed by atoms with van der Waals surface area (Å²) >= 11 is 0. The van der Waals surface area contributed by atoms with Gasteiger partial charge in [-0.15, -0.1) is 0 Å². The number of allylic oxidation sites excluding steroid dienone is 1. The zero-order chi connectivity index (χ0) is 36.7. The fraction of sp³-hybridized carbons (Fsp3) is 0.0980. The van der Waals surface area contributed by atoms with Crippen LogP contribution in [-0.2, 0) is 11.8 Å². The first-order valence-corrected chi connectivity index (χ1v) is 19.2. The fourth-order valence-electron chi connectivity index (χ4n) is 9.23. The van der Waals surface area contributed by atoms with E-state index < -0.39 is 0 Å². The number of nitrogens with zero attached hydrogens (tertiary/aromatic N) is 4. The molecule has 262 valence electrons. The van der Waals surface area contributed by atoms with Crippen molar-refractivity contribution in [2.75, 3.05) is 4.90 Å². The van der Waals surface area contributed by atoms with Crippen LogP contribution in [0, 0.1) is 0 Å². The van der Waals surface area contributed by atoms with Gasteiger partial charge in [-0.05, 0) is 82.8 Å². The van der Waals surface area contributed by atoms with Crippen molar-refractivity contribution >= 4 is 55.7 Å². The maximum Gasteiger partial charge on any atom is 0.235 e. The van der Waals surface area contributed by atoms with Crippen molar-refractivity contribution in [3.8, 4) is 28.3 Å². The van der Waals surface area contributed by atoms with Crippen molar-refractivity contribution < 1.29 is 0 Å². The number of benzene rings is 7. The third kappa shape index (κ3) is 4.77. The second kappa shape index (κ2) is 12.1. The SMILES string of the molecule is CC1(C)c2ccccc2N(c2ccccc2)c2ccc(-c3cccc4c5c6ccccc6ccc5n(-c5nc6c(c(-c7ccccc7)n5)CCC=C6)c34)cc21. The Morgan fingerprint density at radius 2 is 1.35 bits per heavy atom. The summed E-state index contributed by atoms with van der Waals surface area (Å²) in [6.45, 7) is 4.72. The minimum atomic E-state index is -0.234. The molecule has 0 unspecified atom stereocenters. The molecular weight excluding hydrogens is 669 g/mol. The van der Waals surface area contributed by atoms with E-state index in [-0.39, 0.29) is 5.41 Å². The standard InChI is InChI=1S/C51H38N4/c1-51(2)41-25-12-14-27-44(41)54(36-19-7-4-8-20-36)45-30-29-35(32-42(45)51)38-23-15-24-40-47-37-21-10-9-16-33(37)28-31-46(47)55(49(38)40)50-52-43-26-13-11-22-39(43)48(53-50)34-17-5-3-6-18-34/h3-10,12-21,23-32H,11,22H2,1-2H3. The van der Waals surface area contributed by atoms with Gasteiger partial charge in [0, 0.05) is 38.6 Å². The van der Waals surface area contributed by atoms with E-state index >= 15 is 0 Å². The Morgan fingerprint density at radius 1 is 0.600 bits per heavy atom. The van der Waals surface area contributed by atoms with Crippen LogP contribution in [0.25, 0.3) is 67.0 Å². The molecule has 7 aromatic carbocycles. The van der Waals surface area contributed by atoms with Gasteiger partial charge in [0.15, 0.2) is 0 Å². The predicted molar refractivity (Wildman–Crippen MR) is 229 cm³/mol. The molecule has 1 aliphatic heterocycles. The number of fused-ring (bicyclic) bond motifs is 8. The molecule has 0 bridgehead atoms. The van der Waals surface area contributed by atoms with E-state index in [0.717, 1.165) is 52.1 Å². The first-order valence-electron chi connectivity index (χ1n) is 19.2. The maximum atomic E-state index is 5.49. The summed E-state index contributed by atoms with van der Waals surface area (Å²) in [6, 6.07) is 57.2. The third-order valence-corrected chi connectivity index (χ3v) is 11.8. The summed E-state index contributed by atoms with van der Waals surface area (Å²) in [5, 5.41) is 4.85. The van der Waals surface area contributed by atoms with Gasteiger partial charge in [0.2, 0.25) is 5.95 Å². The van der Waals surface area contributed by atoms with Crippen LogP contribution in [0.1, 0.15) is 42.7 Å². The van der Waals surface area contributed by atoms with Crippen LogP contribution >= 0.6 is 0 Å². The van der Waals surface area contributed by atoms with Gasteiger partial charge in [-0.2, -0.15) is 0 Å². The highest BCUT2D eigenvalue weighted by Crippen LogP contribution is 2.53. The fourth-order valence-corrected chi connectivity index (χ4v) is 9.23. The Balaban J connectivity index is 1.22. The van der Waals surface area contributed by atoms with E-state index in [1.54, 1.807) is 0 Å². The van der Waals surface area contributed by atoms with Crippen molar-refractivity contribution in [2.24, 2.45) is 0 Å². The minimum Gasteiger partial charge on any atom is -0.310 e. The molecule has 11 rings (SSSR count). The molecule has 0 amide bonds. The maximum absolute atomic E-state index is 5.49. The zero-order valence-corrected chi connectivity index (χ0v) is 30.9. The van der Waals surface area contributed by atoms with E-state index in [1.807, 2.05) is 0 Å².